The van der Waals surface area contributed by atoms with Crippen molar-refractivity contribution >= 4 is 11.8 Å². The lowest BCUT2D eigenvalue weighted by molar-refractivity contribution is -0.508. The molecule has 0 aromatic carbocycles. The van der Waals surface area contributed by atoms with Gasteiger partial charge in [-0.15, -0.1) is 0 Å². The molecule has 0 radical (unpaired) electrons. The molecule has 2 unspecified atom stereocenters. The second-order valence-corrected chi connectivity index (χ2v) is 12.7. The van der Waals surface area contributed by atoms with Crippen molar-refractivity contribution in [1.29, 1.82) is 0 Å². The molecule has 0 amide bonds. The van der Waals surface area contributed by atoms with E-state index in [0.29, 0.717) is 6.42 Å². The minimum atomic E-state index is -1.63. The summed E-state index contributed by atoms with van der Waals surface area (Å²) in [7, 11) is 0. The fraction of sp³-hybridized carbons (Fsp3) is 0.846. The van der Waals surface area contributed by atoms with E-state index >= 15 is 0 Å². The van der Waals surface area contributed by atoms with Crippen molar-refractivity contribution in [2.24, 2.45) is 45.8 Å². The van der Waals surface area contributed by atoms with Crippen molar-refractivity contribution in [3.05, 3.63) is 12.2 Å². The fourth-order valence-electron chi connectivity index (χ4n) is 9.84. The van der Waals surface area contributed by atoms with Crippen LogP contribution in [0.1, 0.15) is 60.3 Å². The zero-order valence-electron chi connectivity index (χ0n) is 20.2. The number of allylic oxidation sites excluding steroid dienone is 1. The molecule has 7 heteroatoms. The number of fused-ring (bicyclic) bond motifs is 1. The average Bonchev–Trinajstić information content (AvgIpc) is 2.68. The number of ether oxygens (including phenoxy) is 3. The van der Waals surface area contributed by atoms with E-state index < -0.39 is 34.6 Å². The van der Waals surface area contributed by atoms with Gasteiger partial charge in [0.05, 0.1) is 12.0 Å². The summed E-state index contributed by atoms with van der Waals surface area (Å²) >= 11 is 0. The van der Waals surface area contributed by atoms with Crippen molar-refractivity contribution < 1.29 is 34.0 Å². The largest absolute Gasteiger partial charge is 0.462 e. The van der Waals surface area contributed by atoms with Gasteiger partial charge in [-0.1, -0.05) is 26.0 Å². The molecule has 7 nitrogen and oxygen atoms in total. The van der Waals surface area contributed by atoms with Crippen LogP contribution in [0.2, 0.25) is 0 Å². The van der Waals surface area contributed by atoms with Crippen molar-refractivity contribution in [2.45, 2.75) is 84.1 Å². The van der Waals surface area contributed by atoms with Gasteiger partial charge in [0.1, 0.15) is 12.2 Å². The summed E-state index contributed by atoms with van der Waals surface area (Å²) in [4.78, 5) is 26.2. The number of aliphatic hydroxyl groups excluding tert-OH is 1. The quantitative estimate of drug-likeness (QED) is 0.379. The Morgan fingerprint density at radius 1 is 1.24 bits per heavy atom. The number of rotatable bonds is 3. The van der Waals surface area contributed by atoms with Gasteiger partial charge in [0, 0.05) is 24.2 Å². The number of carbonyl (C=O) groups is 2. The zero-order chi connectivity index (χ0) is 23.9. The molecule has 7 aliphatic rings. The first-order valence-corrected chi connectivity index (χ1v) is 12.4. The highest BCUT2D eigenvalue weighted by atomic mass is 16.8. The Balaban J connectivity index is 1.60. The molecule has 10 atom stereocenters. The van der Waals surface area contributed by atoms with E-state index in [2.05, 4.69) is 20.4 Å². The molecule has 2 N–H and O–H groups in total. The lowest BCUT2D eigenvalue weighted by Gasteiger charge is -2.83. The maximum absolute atomic E-state index is 14.1. The second kappa shape index (κ2) is 6.10. The number of ketones is 1. The van der Waals surface area contributed by atoms with Gasteiger partial charge >= 0.3 is 5.97 Å². The van der Waals surface area contributed by atoms with Crippen molar-refractivity contribution in [3.63, 3.8) is 0 Å². The number of hydrogen-bond acceptors (Lipinski definition) is 7. The maximum Gasteiger partial charge on any atom is 0.302 e. The smallest absolute Gasteiger partial charge is 0.302 e. The third kappa shape index (κ3) is 2.18. The Labute approximate surface area is 194 Å². The molecule has 7 fully saturated rings. The summed E-state index contributed by atoms with van der Waals surface area (Å²) in [5.74, 6) is -4.08. The number of Topliss-reactive ketones (excluding diaryl/α,β-unsaturated/α-hetero) is 1. The highest BCUT2D eigenvalue weighted by molar-refractivity contribution is 6.01. The van der Waals surface area contributed by atoms with E-state index in [1.807, 2.05) is 0 Å². The summed E-state index contributed by atoms with van der Waals surface area (Å²) in [6, 6.07) is 0. The standard InChI is InChI=1S/C26H36O7/c1-12-14-7-8-15-24-11-31-26(33-23(5,6)30,25(15)18(14)17(12)20(25)28)21(29)19(24)22(3,4)10-9-16(24)32-13(2)27/h14-19,21,29-30H,1,7-11H2,2-6H3/t14-,15-,16-,17?,18-,19+,21-,24+,25+,26?/m0/s1. The number of aliphatic hydroxyl groups is 2. The molecule has 2 heterocycles. The van der Waals surface area contributed by atoms with Gasteiger partial charge in [-0.25, -0.2) is 0 Å². The Kier molecular flexibility index (Phi) is 4.10. The maximum atomic E-state index is 14.1. The molecule has 5 aliphatic carbocycles. The van der Waals surface area contributed by atoms with Crippen molar-refractivity contribution in [2.75, 3.05) is 6.61 Å². The molecule has 2 spiro atoms. The normalized spacial score (nSPS) is 53.2. The van der Waals surface area contributed by atoms with E-state index in [4.69, 9.17) is 14.2 Å². The van der Waals surface area contributed by atoms with E-state index in [-0.39, 0.29) is 53.4 Å². The molecule has 5 saturated carbocycles. The second-order valence-electron chi connectivity index (χ2n) is 12.7. The molecular weight excluding hydrogens is 424 g/mol. The first-order valence-electron chi connectivity index (χ1n) is 12.4. The van der Waals surface area contributed by atoms with Crippen LogP contribution >= 0.6 is 0 Å². The van der Waals surface area contributed by atoms with Crippen LogP contribution in [-0.4, -0.2) is 52.4 Å². The monoisotopic (exact) mass is 460 g/mol. The highest BCUT2D eigenvalue weighted by Gasteiger charge is 2.92. The van der Waals surface area contributed by atoms with Crippen LogP contribution in [-0.2, 0) is 23.8 Å². The number of esters is 1. The van der Waals surface area contributed by atoms with Crippen LogP contribution in [0.4, 0.5) is 0 Å². The molecular formula is C26H36O7. The van der Waals surface area contributed by atoms with Crippen LogP contribution in [0.25, 0.3) is 0 Å². The molecule has 0 aromatic rings. The van der Waals surface area contributed by atoms with Crippen LogP contribution in [0.3, 0.4) is 0 Å². The molecule has 2 saturated heterocycles. The van der Waals surface area contributed by atoms with Crippen LogP contribution in [0.15, 0.2) is 12.2 Å². The molecule has 0 aromatic heterocycles. The summed E-state index contributed by atoms with van der Waals surface area (Å²) < 4.78 is 18.8. The van der Waals surface area contributed by atoms with Crippen LogP contribution < -0.4 is 0 Å². The average molecular weight is 461 g/mol. The topological polar surface area (TPSA) is 102 Å². The molecule has 33 heavy (non-hydrogen) atoms. The van der Waals surface area contributed by atoms with Gasteiger partial charge in [-0.3, -0.25) is 9.59 Å². The SMILES string of the molecule is C=C1C2C(=O)[C@]34[C@H]2[C@H]1CC[C@H]3[C@@]12COC4(OC(C)(C)O)[C@@H](O)[C@@H]1C(C)(C)CC[C@@H]2OC(C)=O. The first-order chi connectivity index (χ1) is 15.3. The van der Waals surface area contributed by atoms with Gasteiger partial charge in [-0.05, 0) is 62.7 Å². The lowest BCUT2D eigenvalue weighted by Crippen LogP contribution is -2.93. The van der Waals surface area contributed by atoms with Gasteiger partial charge in [0.25, 0.3) is 0 Å². The third-order valence-corrected chi connectivity index (χ3v) is 10.4. The van der Waals surface area contributed by atoms with E-state index in [1.165, 1.54) is 20.8 Å². The van der Waals surface area contributed by atoms with E-state index in [0.717, 1.165) is 24.8 Å². The Morgan fingerprint density at radius 3 is 2.58 bits per heavy atom. The fourth-order valence-corrected chi connectivity index (χ4v) is 9.84. The molecule has 2 aliphatic heterocycles. The van der Waals surface area contributed by atoms with Crippen molar-refractivity contribution in [1.82, 2.24) is 0 Å². The molecule has 2 bridgehead atoms. The van der Waals surface area contributed by atoms with E-state index in [1.54, 1.807) is 0 Å². The Bertz CT molecular complexity index is 964. The van der Waals surface area contributed by atoms with Crippen molar-refractivity contribution in [3.8, 4) is 0 Å². The third-order valence-electron chi connectivity index (χ3n) is 10.4. The molecule has 182 valence electrons. The number of hydrogen-bond donors (Lipinski definition) is 2. The Hall–Kier alpha value is -1.28. The lowest BCUT2D eigenvalue weighted by atomic mass is 9.23. The van der Waals surface area contributed by atoms with Gasteiger partial charge in [0.2, 0.25) is 5.79 Å². The first kappa shape index (κ1) is 22.2. The minimum absolute atomic E-state index is 0.0178. The molecule has 7 rings (SSSR count). The summed E-state index contributed by atoms with van der Waals surface area (Å²) in [6.07, 6.45) is 1.55. The number of carbonyl (C=O) groups excluding carboxylic acids is 2. The van der Waals surface area contributed by atoms with Gasteiger partial charge in [0.15, 0.2) is 11.6 Å². The Morgan fingerprint density at radius 2 is 1.94 bits per heavy atom. The predicted molar refractivity (Wildman–Crippen MR) is 116 cm³/mol. The van der Waals surface area contributed by atoms with Gasteiger partial charge < -0.3 is 24.4 Å². The van der Waals surface area contributed by atoms with Crippen LogP contribution in [0.5, 0.6) is 0 Å². The summed E-state index contributed by atoms with van der Waals surface area (Å²) in [6.45, 7) is 13.2. The highest BCUT2D eigenvalue weighted by Crippen LogP contribution is 2.84. The van der Waals surface area contributed by atoms with Gasteiger partial charge in [-0.2, -0.15) is 0 Å². The zero-order valence-corrected chi connectivity index (χ0v) is 20.2. The van der Waals surface area contributed by atoms with E-state index in [9.17, 15) is 19.8 Å². The summed E-state index contributed by atoms with van der Waals surface area (Å²) in [5.41, 5.74) is -1.05. The van der Waals surface area contributed by atoms with Crippen LogP contribution in [0, 0.1) is 45.8 Å². The predicted octanol–water partition coefficient (Wildman–Crippen LogP) is 2.58. The minimum Gasteiger partial charge on any atom is -0.462 e. The summed E-state index contributed by atoms with van der Waals surface area (Å²) in [5, 5.41) is 23.0.